The maximum absolute atomic E-state index is 12.5. The molecule has 0 aliphatic carbocycles. The van der Waals surface area contributed by atoms with Gasteiger partial charge in [-0.3, -0.25) is 4.79 Å². The van der Waals surface area contributed by atoms with Crippen molar-refractivity contribution in [1.82, 2.24) is 0 Å². The second-order valence-corrected chi connectivity index (χ2v) is 7.38. The minimum absolute atomic E-state index is 0.00357. The predicted molar refractivity (Wildman–Crippen MR) is 121 cm³/mol. The number of benzene rings is 3. The second-order valence-electron chi connectivity index (χ2n) is 6.54. The Morgan fingerprint density at radius 3 is 2.63 bits per heavy atom. The molecular weight excluding hydrogens is 419 g/mol. The normalized spacial score (nSPS) is 10.9. The fourth-order valence-corrected chi connectivity index (χ4v) is 3.18. The molecule has 0 unspecified atom stereocenters. The molecule has 0 aliphatic rings. The number of ether oxygens (including phenoxy) is 1. The van der Waals surface area contributed by atoms with Gasteiger partial charge in [0.05, 0.1) is 0 Å². The number of nitrogens with zero attached hydrogens (tertiary/aromatic N) is 1. The van der Waals surface area contributed by atoms with Gasteiger partial charge in [0, 0.05) is 21.3 Å². The summed E-state index contributed by atoms with van der Waals surface area (Å²) in [5.74, 6) is 0.123. The summed E-state index contributed by atoms with van der Waals surface area (Å²) < 4.78 is 5.80. The van der Waals surface area contributed by atoms with Gasteiger partial charge in [0.2, 0.25) is 0 Å². The highest BCUT2D eigenvalue weighted by Crippen LogP contribution is 2.24. The molecule has 4 nitrogen and oxygen atoms in total. The summed E-state index contributed by atoms with van der Waals surface area (Å²) in [5, 5.41) is 13.3. The Balaban J connectivity index is 1.73. The smallest absolute Gasteiger partial charge is 0.266 e. The van der Waals surface area contributed by atoms with Crippen LogP contribution in [0.25, 0.3) is 6.08 Å². The molecule has 0 spiro atoms. The molecule has 0 aromatic heterocycles. The fraction of sp³-hybridized carbons (Fsp3) is 0.0833. The van der Waals surface area contributed by atoms with Crippen molar-refractivity contribution in [3.05, 3.63) is 99.0 Å². The number of carbonyl (C=O) groups excluding carboxylic acids is 1. The maximum Gasteiger partial charge on any atom is 0.266 e. The first-order valence-electron chi connectivity index (χ1n) is 9.12. The van der Waals surface area contributed by atoms with Crippen LogP contribution in [0.5, 0.6) is 5.75 Å². The average Bonchev–Trinajstić information content (AvgIpc) is 2.73. The fourth-order valence-electron chi connectivity index (χ4n) is 2.71. The highest BCUT2D eigenvalue weighted by Gasteiger charge is 2.11. The van der Waals surface area contributed by atoms with E-state index < -0.39 is 5.91 Å². The molecule has 0 saturated carbocycles. The van der Waals surface area contributed by atoms with Gasteiger partial charge in [0.15, 0.2) is 0 Å². The lowest BCUT2D eigenvalue weighted by Gasteiger charge is -2.09. The average molecular weight is 437 g/mol. The third kappa shape index (κ3) is 5.64. The summed E-state index contributed by atoms with van der Waals surface area (Å²) in [4.78, 5) is 12.5. The van der Waals surface area contributed by atoms with Crippen molar-refractivity contribution >= 4 is 40.9 Å². The van der Waals surface area contributed by atoms with Crippen LogP contribution >= 0.6 is 23.2 Å². The van der Waals surface area contributed by atoms with Crippen molar-refractivity contribution in [3.63, 3.8) is 0 Å². The Hall–Kier alpha value is -3.26. The van der Waals surface area contributed by atoms with E-state index >= 15 is 0 Å². The first kappa shape index (κ1) is 21.4. The summed E-state index contributed by atoms with van der Waals surface area (Å²) in [6, 6.07) is 21.7. The molecule has 1 N–H and O–H groups in total. The van der Waals surface area contributed by atoms with Gasteiger partial charge in [0.25, 0.3) is 5.91 Å². The van der Waals surface area contributed by atoms with Crippen LogP contribution < -0.4 is 10.1 Å². The summed E-state index contributed by atoms with van der Waals surface area (Å²) in [6.45, 7) is 2.15. The zero-order chi connectivity index (χ0) is 21.5. The van der Waals surface area contributed by atoms with Crippen molar-refractivity contribution in [1.29, 1.82) is 5.26 Å². The third-order valence-corrected chi connectivity index (χ3v) is 4.92. The third-order valence-electron chi connectivity index (χ3n) is 4.34. The van der Waals surface area contributed by atoms with E-state index in [1.165, 1.54) is 6.08 Å². The van der Waals surface area contributed by atoms with E-state index in [0.29, 0.717) is 27.0 Å². The van der Waals surface area contributed by atoms with Gasteiger partial charge in [-0.1, -0.05) is 59.6 Å². The molecule has 3 aromatic rings. The molecule has 0 bridgehead atoms. The number of hydrogen-bond donors (Lipinski definition) is 1. The molecule has 30 heavy (non-hydrogen) atoms. The van der Waals surface area contributed by atoms with E-state index in [1.54, 1.807) is 48.5 Å². The molecule has 0 fully saturated rings. The van der Waals surface area contributed by atoms with Crippen molar-refractivity contribution in [3.8, 4) is 11.8 Å². The summed E-state index contributed by atoms with van der Waals surface area (Å²) in [6.07, 6.45) is 1.52. The zero-order valence-corrected chi connectivity index (χ0v) is 17.7. The lowest BCUT2D eigenvalue weighted by Crippen LogP contribution is -2.14. The Morgan fingerprint density at radius 2 is 1.90 bits per heavy atom. The van der Waals surface area contributed by atoms with Gasteiger partial charge in [0.1, 0.15) is 24.0 Å². The first-order valence-corrected chi connectivity index (χ1v) is 9.87. The lowest BCUT2D eigenvalue weighted by molar-refractivity contribution is -0.112. The molecule has 0 saturated heterocycles. The number of rotatable bonds is 6. The molecule has 0 heterocycles. The van der Waals surface area contributed by atoms with Gasteiger partial charge in [-0.2, -0.15) is 5.26 Å². The number of carbonyl (C=O) groups is 1. The molecule has 150 valence electrons. The molecule has 1 amide bonds. The SMILES string of the molecule is Cc1ccccc1NC(=O)/C(C#N)=C\c1cccc(OCc2ccc(Cl)cc2Cl)c1. The second kappa shape index (κ2) is 9.98. The predicted octanol–water partition coefficient (Wildman–Crippen LogP) is 6.43. The topological polar surface area (TPSA) is 62.1 Å². The zero-order valence-electron chi connectivity index (χ0n) is 16.2. The largest absolute Gasteiger partial charge is 0.489 e. The number of nitriles is 1. The first-order chi connectivity index (χ1) is 14.5. The van der Waals surface area contributed by atoms with Crippen LogP contribution in [0.1, 0.15) is 16.7 Å². The lowest BCUT2D eigenvalue weighted by atomic mass is 10.1. The number of amides is 1. The van der Waals surface area contributed by atoms with Gasteiger partial charge >= 0.3 is 0 Å². The number of anilines is 1. The van der Waals surface area contributed by atoms with Crippen LogP contribution in [0.2, 0.25) is 10.0 Å². The minimum atomic E-state index is -0.467. The van der Waals surface area contributed by atoms with Crippen LogP contribution in [-0.4, -0.2) is 5.91 Å². The Bertz CT molecular complexity index is 1150. The number of para-hydroxylation sites is 1. The van der Waals surface area contributed by atoms with Crippen LogP contribution in [0.4, 0.5) is 5.69 Å². The summed E-state index contributed by atoms with van der Waals surface area (Å²) in [5.41, 5.74) is 3.06. The molecule has 6 heteroatoms. The van der Waals surface area contributed by atoms with E-state index in [0.717, 1.165) is 11.1 Å². The number of nitrogens with one attached hydrogen (secondary N) is 1. The molecular formula is C24H18Cl2N2O2. The highest BCUT2D eigenvalue weighted by atomic mass is 35.5. The number of halogens is 2. The van der Waals surface area contributed by atoms with Crippen LogP contribution in [-0.2, 0) is 11.4 Å². The molecule has 0 radical (unpaired) electrons. The van der Waals surface area contributed by atoms with E-state index in [4.69, 9.17) is 27.9 Å². The standard InChI is InChI=1S/C24H18Cl2N2O2/c1-16-5-2-3-8-23(16)28-24(29)19(14-27)11-17-6-4-7-21(12-17)30-15-18-9-10-20(25)13-22(18)26/h2-13H,15H2,1H3,(H,28,29)/b19-11-. The number of hydrogen-bond acceptors (Lipinski definition) is 3. The quantitative estimate of drug-likeness (QED) is 0.357. The molecule has 0 atom stereocenters. The highest BCUT2D eigenvalue weighted by molar-refractivity contribution is 6.35. The number of aryl methyl sites for hydroxylation is 1. The van der Waals surface area contributed by atoms with Crippen LogP contribution in [0.15, 0.2) is 72.3 Å². The van der Waals surface area contributed by atoms with E-state index in [1.807, 2.05) is 31.2 Å². The summed E-state index contributed by atoms with van der Waals surface area (Å²) in [7, 11) is 0. The minimum Gasteiger partial charge on any atom is -0.489 e. The van der Waals surface area contributed by atoms with Gasteiger partial charge < -0.3 is 10.1 Å². The van der Waals surface area contributed by atoms with Crippen molar-refractivity contribution in [2.24, 2.45) is 0 Å². The Labute approximate surface area is 185 Å². The Kier molecular flexibility index (Phi) is 7.13. The van der Waals surface area contributed by atoms with Crippen molar-refractivity contribution in [2.75, 3.05) is 5.32 Å². The summed E-state index contributed by atoms with van der Waals surface area (Å²) >= 11 is 12.1. The van der Waals surface area contributed by atoms with Crippen molar-refractivity contribution in [2.45, 2.75) is 13.5 Å². The van der Waals surface area contributed by atoms with Crippen LogP contribution in [0.3, 0.4) is 0 Å². The van der Waals surface area contributed by atoms with Gasteiger partial charge in [-0.05, 0) is 54.5 Å². The van der Waals surface area contributed by atoms with E-state index in [-0.39, 0.29) is 12.2 Å². The van der Waals surface area contributed by atoms with E-state index in [9.17, 15) is 10.1 Å². The molecule has 3 aromatic carbocycles. The van der Waals surface area contributed by atoms with Gasteiger partial charge in [-0.25, -0.2) is 0 Å². The Morgan fingerprint density at radius 1 is 1.10 bits per heavy atom. The molecule has 0 aliphatic heterocycles. The van der Waals surface area contributed by atoms with Gasteiger partial charge in [-0.15, -0.1) is 0 Å². The van der Waals surface area contributed by atoms with Crippen LogP contribution in [0, 0.1) is 18.3 Å². The maximum atomic E-state index is 12.5. The van der Waals surface area contributed by atoms with E-state index in [2.05, 4.69) is 5.32 Å². The molecule has 3 rings (SSSR count). The van der Waals surface area contributed by atoms with Crippen molar-refractivity contribution < 1.29 is 9.53 Å². The monoisotopic (exact) mass is 436 g/mol.